The summed E-state index contributed by atoms with van der Waals surface area (Å²) in [6.07, 6.45) is 3.98. The van der Waals surface area contributed by atoms with Crippen molar-refractivity contribution in [3.63, 3.8) is 0 Å². The molecule has 0 atom stereocenters. The number of pyridine rings is 1. The van der Waals surface area contributed by atoms with Gasteiger partial charge in [-0.1, -0.05) is 36.4 Å². The third-order valence-corrected chi connectivity index (χ3v) is 6.75. The molecule has 0 radical (unpaired) electrons. The summed E-state index contributed by atoms with van der Waals surface area (Å²) < 4.78 is 38.0. The number of nitrogens with zero attached hydrogens (tertiary/aromatic N) is 3. The average Bonchev–Trinajstić information content (AvgIpc) is 3.01. The minimum absolute atomic E-state index is 0.0242. The van der Waals surface area contributed by atoms with Gasteiger partial charge in [-0.15, -0.1) is 0 Å². The highest BCUT2D eigenvalue weighted by Gasteiger charge is 2.15. The number of aromatic nitrogens is 1. The van der Waals surface area contributed by atoms with E-state index in [0.717, 1.165) is 44.8 Å². The molecule has 1 aliphatic rings. The van der Waals surface area contributed by atoms with Crippen LogP contribution in [0.15, 0.2) is 78.0 Å². The van der Waals surface area contributed by atoms with E-state index in [-0.39, 0.29) is 18.1 Å². The third kappa shape index (κ3) is 7.80. The number of benzene rings is 3. The average molecular weight is 573 g/mol. The Kier molecular flexibility index (Phi) is 9.92. The number of halogens is 1. The van der Waals surface area contributed by atoms with E-state index in [2.05, 4.69) is 20.4 Å². The molecule has 0 aliphatic carbocycles. The number of rotatable bonds is 12. The van der Waals surface area contributed by atoms with Crippen molar-refractivity contribution in [2.24, 2.45) is 5.10 Å². The zero-order chi connectivity index (χ0) is 29.1. The Morgan fingerprint density at radius 1 is 1.05 bits per heavy atom. The molecule has 1 saturated heterocycles. The van der Waals surface area contributed by atoms with Gasteiger partial charge in [-0.2, -0.15) is 5.10 Å². The molecule has 1 aliphatic heterocycles. The highest BCUT2D eigenvalue weighted by molar-refractivity contribution is 5.88. The second-order valence-corrected chi connectivity index (χ2v) is 9.73. The van der Waals surface area contributed by atoms with Gasteiger partial charge in [0, 0.05) is 37.3 Å². The SMILES string of the molecule is COc1cc2c(Oc3ccc(CC(=O)N/N=C/c4ccccc4)cc3F)ccnc2cc1OCCCN1CCOCC1. The molecule has 1 N–H and O–H groups in total. The molecule has 1 fully saturated rings. The van der Waals surface area contributed by atoms with Crippen LogP contribution in [0.1, 0.15) is 17.5 Å². The van der Waals surface area contributed by atoms with Gasteiger partial charge >= 0.3 is 0 Å². The molecular formula is C32H33FN4O5. The summed E-state index contributed by atoms with van der Waals surface area (Å²) in [5.41, 5.74) is 4.43. The van der Waals surface area contributed by atoms with Gasteiger partial charge in [0.2, 0.25) is 5.91 Å². The predicted octanol–water partition coefficient (Wildman–Crippen LogP) is 4.97. The highest BCUT2D eigenvalue weighted by Crippen LogP contribution is 2.37. The number of nitrogens with one attached hydrogen (secondary N) is 1. The number of amides is 1. The van der Waals surface area contributed by atoms with Crippen LogP contribution < -0.4 is 19.6 Å². The molecule has 2 heterocycles. The van der Waals surface area contributed by atoms with Crippen molar-refractivity contribution in [2.75, 3.05) is 46.6 Å². The van der Waals surface area contributed by atoms with Gasteiger partial charge in [-0.3, -0.25) is 14.7 Å². The van der Waals surface area contributed by atoms with Crippen LogP contribution in [0.2, 0.25) is 0 Å². The van der Waals surface area contributed by atoms with Gasteiger partial charge in [0.15, 0.2) is 23.1 Å². The van der Waals surface area contributed by atoms with E-state index in [0.29, 0.717) is 40.3 Å². The summed E-state index contributed by atoms with van der Waals surface area (Å²) in [4.78, 5) is 19.1. The Labute approximate surface area is 243 Å². The fourth-order valence-electron chi connectivity index (χ4n) is 4.58. The predicted molar refractivity (Wildman–Crippen MR) is 158 cm³/mol. The second-order valence-electron chi connectivity index (χ2n) is 9.73. The van der Waals surface area contributed by atoms with E-state index < -0.39 is 5.82 Å². The second kappa shape index (κ2) is 14.4. The van der Waals surface area contributed by atoms with Crippen LogP contribution in [0.25, 0.3) is 10.9 Å². The maximum absolute atomic E-state index is 15.0. The van der Waals surface area contributed by atoms with Crippen LogP contribution in [0.3, 0.4) is 0 Å². The number of morpholine rings is 1. The molecule has 1 amide bonds. The van der Waals surface area contributed by atoms with E-state index in [1.54, 1.807) is 43.8 Å². The lowest BCUT2D eigenvalue weighted by atomic mass is 10.1. The highest BCUT2D eigenvalue weighted by atomic mass is 19.1. The molecule has 1 aromatic heterocycles. The molecule has 3 aromatic carbocycles. The van der Waals surface area contributed by atoms with E-state index in [1.807, 2.05) is 30.3 Å². The van der Waals surface area contributed by atoms with Crippen LogP contribution in [0.4, 0.5) is 4.39 Å². The Morgan fingerprint density at radius 2 is 1.88 bits per heavy atom. The molecular weight excluding hydrogens is 539 g/mol. The fraction of sp³-hybridized carbons (Fsp3) is 0.281. The van der Waals surface area contributed by atoms with Crippen molar-refractivity contribution in [2.45, 2.75) is 12.8 Å². The van der Waals surface area contributed by atoms with Gasteiger partial charge < -0.3 is 18.9 Å². The number of carbonyl (C=O) groups is 1. The summed E-state index contributed by atoms with van der Waals surface area (Å²) in [7, 11) is 1.57. The zero-order valence-electron chi connectivity index (χ0n) is 23.4. The summed E-state index contributed by atoms with van der Waals surface area (Å²) >= 11 is 0. The molecule has 0 saturated carbocycles. The first-order chi connectivity index (χ1) is 20.6. The lowest BCUT2D eigenvalue weighted by Gasteiger charge is -2.26. The first kappa shape index (κ1) is 29.0. The Bertz CT molecular complexity index is 1530. The summed E-state index contributed by atoms with van der Waals surface area (Å²) in [5, 5.41) is 4.60. The van der Waals surface area contributed by atoms with Crippen LogP contribution in [-0.2, 0) is 16.0 Å². The third-order valence-electron chi connectivity index (χ3n) is 6.75. The normalized spacial score (nSPS) is 13.8. The lowest BCUT2D eigenvalue weighted by molar-refractivity contribution is -0.120. The minimum Gasteiger partial charge on any atom is -0.493 e. The molecule has 218 valence electrons. The van der Waals surface area contributed by atoms with Crippen molar-refractivity contribution < 1.29 is 28.1 Å². The Balaban J connectivity index is 1.21. The maximum atomic E-state index is 15.0. The first-order valence-electron chi connectivity index (χ1n) is 13.8. The first-order valence-corrected chi connectivity index (χ1v) is 13.8. The number of hydrazone groups is 1. The maximum Gasteiger partial charge on any atom is 0.244 e. The molecule has 4 aromatic rings. The summed E-state index contributed by atoms with van der Waals surface area (Å²) in [6, 6.07) is 19.1. The van der Waals surface area contributed by atoms with Crippen molar-refractivity contribution in [1.82, 2.24) is 15.3 Å². The number of hydrogen-bond acceptors (Lipinski definition) is 8. The van der Waals surface area contributed by atoms with Crippen molar-refractivity contribution >= 4 is 23.0 Å². The molecule has 5 rings (SSSR count). The molecule has 9 nitrogen and oxygen atoms in total. The number of hydrogen-bond donors (Lipinski definition) is 1. The molecule has 0 bridgehead atoms. The van der Waals surface area contributed by atoms with Crippen LogP contribution >= 0.6 is 0 Å². The standard InChI is InChI=1S/C32H33FN4O5/c1-39-30-20-25-27(21-31(30)41-15-5-12-37-13-16-40-17-14-37)34-11-10-28(25)42-29-9-8-24(18-26(29)33)19-32(38)36-35-22-23-6-3-2-4-7-23/h2-4,6-11,18,20-22H,5,12-17,19H2,1H3,(H,36,38)/b35-22+. The van der Waals surface area contributed by atoms with E-state index in [4.69, 9.17) is 18.9 Å². The van der Waals surface area contributed by atoms with Crippen LogP contribution in [0, 0.1) is 5.82 Å². The lowest BCUT2D eigenvalue weighted by Crippen LogP contribution is -2.37. The minimum atomic E-state index is -0.592. The van der Waals surface area contributed by atoms with Gasteiger partial charge in [0.05, 0.1) is 45.1 Å². The van der Waals surface area contributed by atoms with E-state index in [1.165, 1.54) is 12.1 Å². The smallest absolute Gasteiger partial charge is 0.244 e. The number of carbonyl (C=O) groups excluding carboxylic acids is 1. The topological polar surface area (TPSA) is 94.5 Å². The van der Waals surface area contributed by atoms with Crippen molar-refractivity contribution in [3.05, 3.63) is 89.9 Å². The summed E-state index contributed by atoms with van der Waals surface area (Å²) in [5.74, 6) is 0.599. The quantitative estimate of drug-likeness (QED) is 0.146. The monoisotopic (exact) mass is 572 g/mol. The van der Waals surface area contributed by atoms with Gasteiger partial charge in [0.1, 0.15) is 5.75 Å². The van der Waals surface area contributed by atoms with Crippen molar-refractivity contribution in [3.8, 4) is 23.0 Å². The Hall–Kier alpha value is -4.54. The Morgan fingerprint density at radius 3 is 2.67 bits per heavy atom. The van der Waals surface area contributed by atoms with E-state index >= 15 is 4.39 Å². The number of ether oxygens (including phenoxy) is 4. The summed E-state index contributed by atoms with van der Waals surface area (Å²) in [6.45, 7) is 4.89. The fourth-order valence-corrected chi connectivity index (χ4v) is 4.58. The molecule has 42 heavy (non-hydrogen) atoms. The van der Waals surface area contributed by atoms with E-state index in [9.17, 15) is 4.79 Å². The van der Waals surface area contributed by atoms with Gasteiger partial charge in [0.25, 0.3) is 0 Å². The largest absolute Gasteiger partial charge is 0.493 e. The van der Waals surface area contributed by atoms with Crippen LogP contribution in [-0.4, -0.2) is 68.6 Å². The number of methoxy groups -OCH3 is 1. The molecule has 10 heteroatoms. The molecule has 0 spiro atoms. The van der Waals surface area contributed by atoms with Gasteiger partial charge in [-0.05, 0) is 41.8 Å². The van der Waals surface area contributed by atoms with Gasteiger partial charge in [-0.25, -0.2) is 9.82 Å². The number of fused-ring (bicyclic) bond motifs is 1. The van der Waals surface area contributed by atoms with Crippen LogP contribution in [0.5, 0.6) is 23.0 Å². The molecule has 0 unspecified atom stereocenters. The zero-order valence-corrected chi connectivity index (χ0v) is 23.4. The van der Waals surface area contributed by atoms with Crippen molar-refractivity contribution in [1.29, 1.82) is 0 Å².